The number of rotatable bonds is 48. The second-order valence-electron chi connectivity index (χ2n) is 27.0. The zero-order valence-electron chi connectivity index (χ0n) is 57.6. The molecule has 18 nitrogen and oxygen atoms in total. The van der Waals surface area contributed by atoms with Crippen molar-refractivity contribution in [2.75, 3.05) is 118 Å². The summed E-state index contributed by atoms with van der Waals surface area (Å²) in [7, 11) is 0. The van der Waals surface area contributed by atoms with Gasteiger partial charge >= 0.3 is 0 Å². The molecule has 0 aromatic rings. The zero-order chi connectivity index (χ0) is 64.8. The minimum atomic E-state index is -0.680. The fraction of sp³-hybridized carbons (Fsp3) is 0.875. The van der Waals surface area contributed by atoms with Gasteiger partial charge in [-0.3, -0.25) is 43.2 Å². The molecule has 4 aliphatic rings. The van der Waals surface area contributed by atoms with Gasteiger partial charge in [-0.2, -0.15) is 0 Å². The van der Waals surface area contributed by atoms with Crippen LogP contribution >= 0.6 is 0 Å². The number of carbonyl (C=O) groups is 9. The van der Waals surface area contributed by atoms with Crippen molar-refractivity contribution < 1.29 is 43.2 Å². The molecule has 516 valence electrons. The molecule has 0 radical (unpaired) electrons. The van der Waals surface area contributed by atoms with E-state index in [4.69, 9.17) is 0 Å². The molecule has 0 aromatic heterocycles. The molecule has 4 aliphatic heterocycles. The van der Waals surface area contributed by atoms with Gasteiger partial charge in [0.05, 0.1) is 0 Å². The molecule has 4 rings (SSSR count). The van der Waals surface area contributed by atoms with Crippen molar-refractivity contribution in [3.63, 3.8) is 0 Å². The molecule has 0 atom stereocenters. The molecule has 0 bridgehead atoms. The van der Waals surface area contributed by atoms with Crippen molar-refractivity contribution in [2.45, 2.75) is 290 Å². The zero-order valence-corrected chi connectivity index (χ0v) is 57.6. The average Bonchev–Trinajstić information content (AvgIpc) is 2.23. The summed E-state index contributed by atoms with van der Waals surface area (Å²) in [6.45, 7) is 7.52. The first-order valence-electron chi connectivity index (χ1n) is 37.3. The fourth-order valence-corrected chi connectivity index (χ4v) is 13.2. The first kappa shape index (κ1) is 77.7. The summed E-state index contributed by atoms with van der Waals surface area (Å²) in [6.07, 6.45) is 49.4. The van der Waals surface area contributed by atoms with E-state index in [1.165, 1.54) is 193 Å². The minimum Gasteiger partial charge on any atom is -0.339 e. The third-order valence-corrected chi connectivity index (χ3v) is 19.5. The van der Waals surface area contributed by atoms with Gasteiger partial charge in [0.2, 0.25) is 53.2 Å². The molecule has 9 amide bonds. The highest BCUT2D eigenvalue weighted by Gasteiger charge is 2.36. The maximum atomic E-state index is 14.3. The summed E-state index contributed by atoms with van der Waals surface area (Å²) in [6, 6.07) is 0. The molecular formula is C72H129N9O9. The van der Waals surface area contributed by atoms with E-state index < -0.39 is 74.7 Å². The summed E-state index contributed by atoms with van der Waals surface area (Å²) in [5.74, 6) is -3.03. The number of piperazine rings is 3. The van der Waals surface area contributed by atoms with Crippen LogP contribution in [-0.2, 0) is 43.2 Å². The van der Waals surface area contributed by atoms with Gasteiger partial charge in [0.15, 0.2) is 0 Å². The maximum Gasteiger partial charge on any atom is 0.243 e. The summed E-state index contributed by atoms with van der Waals surface area (Å²) >= 11 is 0. The normalized spacial score (nSPS) is 16.3. The molecule has 0 N–H and O–H groups in total. The van der Waals surface area contributed by atoms with E-state index in [9.17, 15) is 43.2 Å². The van der Waals surface area contributed by atoms with E-state index in [1.54, 1.807) is 29.4 Å². The molecule has 90 heavy (non-hydrogen) atoms. The van der Waals surface area contributed by atoms with Crippen molar-refractivity contribution in [2.24, 2.45) is 0 Å². The van der Waals surface area contributed by atoms with Gasteiger partial charge in [0, 0.05) is 97.8 Å². The Balaban J connectivity index is 1.26. The molecule has 0 spiro atoms. The largest absolute Gasteiger partial charge is 0.339 e. The summed E-state index contributed by atoms with van der Waals surface area (Å²) in [5.41, 5.74) is 0. The molecule has 4 saturated heterocycles. The SMILES string of the molecule is CCCCCCCCCCCCCCCC(=O)N1CCN(C(=O)CN2CC(=O)N(CC(=O)N3CCN(C(=O)CCCCCCCCCCCCCCC)CC3)CC(=O)N(CC(=O)N3CCN(C(=O)CCCCCCCCCCCCCCC)CC3)CC2=O)CC1. The highest BCUT2D eigenvalue weighted by Crippen LogP contribution is 2.19. The van der Waals surface area contributed by atoms with Crippen LogP contribution in [0.3, 0.4) is 0 Å². The summed E-state index contributed by atoms with van der Waals surface area (Å²) in [4.78, 5) is 138. The van der Waals surface area contributed by atoms with Crippen LogP contribution in [-0.4, -0.2) is 215 Å². The Bertz CT molecular complexity index is 1810. The van der Waals surface area contributed by atoms with Crippen LogP contribution in [0.25, 0.3) is 0 Å². The second kappa shape index (κ2) is 48.9. The molecule has 0 saturated carbocycles. The Hall–Kier alpha value is -4.77. The molecule has 4 fully saturated rings. The van der Waals surface area contributed by atoms with E-state index in [1.807, 2.05) is 0 Å². The van der Waals surface area contributed by atoms with Crippen LogP contribution in [0.2, 0.25) is 0 Å². The van der Waals surface area contributed by atoms with Gasteiger partial charge in [-0.15, -0.1) is 0 Å². The molecule has 18 heteroatoms. The number of amides is 9. The summed E-state index contributed by atoms with van der Waals surface area (Å²) in [5, 5.41) is 0. The van der Waals surface area contributed by atoms with Crippen LogP contribution in [0.1, 0.15) is 290 Å². The van der Waals surface area contributed by atoms with Gasteiger partial charge in [0.25, 0.3) is 0 Å². The lowest BCUT2D eigenvalue weighted by atomic mass is 10.0. The number of hydrogen-bond donors (Lipinski definition) is 0. The number of unbranched alkanes of at least 4 members (excludes halogenated alkanes) is 36. The topological polar surface area (TPSA) is 183 Å². The lowest BCUT2D eigenvalue weighted by Crippen LogP contribution is -2.55. The van der Waals surface area contributed by atoms with E-state index in [0.717, 1.165) is 72.5 Å². The van der Waals surface area contributed by atoms with Gasteiger partial charge < -0.3 is 44.1 Å². The molecule has 0 aromatic carbocycles. The predicted octanol–water partition coefficient (Wildman–Crippen LogP) is 11.9. The minimum absolute atomic E-state index is 0.0751. The van der Waals surface area contributed by atoms with Crippen LogP contribution in [0.4, 0.5) is 0 Å². The maximum absolute atomic E-state index is 14.3. The fourth-order valence-electron chi connectivity index (χ4n) is 13.2. The van der Waals surface area contributed by atoms with Crippen LogP contribution in [0.15, 0.2) is 0 Å². The van der Waals surface area contributed by atoms with Crippen LogP contribution in [0, 0.1) is 0 Å². The molecule has 4 heterocycles. The third-order valence-electron chi connectivity index (χ3n) is 19.5. The van der Waals surface area contributed by atoms with E-state index >= 15 is 0 Å². The highest BCUT2D eigenvalue weighted by atomic mass is 16.2. The quantitative estimate of drug-likeness (QED) is 0.0535. The Morgan fingerprint density at radius 2 is 0.367 bits per heavy atom. The third kappa shape index (κ3) is 33.2. The lowest BCUT2D eigenvalue weighted by molar-refractivity contribution is -0.148. The molecular weight excluding hydrogens is 1130 g/mol. The van der Waals surface area contributed by atoms with Crippen LogP contribution < -0.4 is 0 Å². The Morgan fingerprint density at radius 3 is 0.533 bits per heavy atom. The Kier molecular flexibility index (Phi) is 42.2. The number of nitrogens with zero attached hydrogens (tertiary/aromatic N) is 9. The van der Waals surface area contributed by atoms with Crippen molar-refractivity contribution in [3.8, 4) is 0 Å². The van der Waals surface area contributed by atoms with Gasteiger partial charge in [-0.1, -0.05) is 252 Å². The van der Waals surface area contributed by atoms with E-state index in [-0.39, 0.29) is 57.0 Å². The summed E-state index contributed by atoms with van der Waals surface area (Å²) < 4.78 is 0. The van der Waals surface area contributed by atoms with Crippen molar-refractivity contribution in [3.05, 3.63) is 0 Å². The first-order valence-corrected chi connectivity index (χ1v) is 37.3. The molecule has 0 unspecified atom stereocenters. The van der Waals surface area contributed by atoms with Gasteiger partial charge in [0.1, 0.15) is 39.3 Å². The van der Waals surface area contributed by atoms with Gasteiger partial charge in [-0.25, -0.2) is 0 Å². The number of hydrogen-bond acceptors (Lipinski definition) is 9. The molecule has 0 aliphatic carbocycles. The van der Waals surface area contributed by atoms with Gasteiger partial charge in [-0.05, 0) is 19.3 Å². The van der Waals surface area contributed by atoms with E-state index in [0.29, 0.717) is 58.5 Å². The first-order chi connectivity index (χ1) is 43.8. The predicted molar refractivity (Wildman–Crippen MR) is 360 cm³/mol. The Morgan fingerprint density at radius 1 is 0.222 bits per heavy atom. The standard InChI is InChI=1S/C72H129N9O9/c1-4-7-10-13-16-19-22-25-28-31-34-37-40-43-64(82)73-46-52-76(53-47-73)67(85)58-79-61-71(89)81(60-69(87)78-56-50-75(51-57-78)66(84)45-42-39-36-33-30-27-24-21-18-15-12-9-6-3)63-72(90)80(62-70(79)88)59-68(86)77-54-48-74(49-55-77)65(83)44-41-38-35-32-29-26-23-20-17-14-11-8-5-2/h4-63H2,1-3H3. The smallest absolute Gasteiger partial charge is 0.243 e. The Labute approximate surface area is 546 Å². The highest BCUT2D eigenvalue weighted by molar-refractivity contribution is 5.97. The second-order valence-corrected chi connectivity index (χ2v) is 27.0. The monoisotopic (exact) mass is 1260 g/mol. The lowest BCUT2D eigenvalue weighted by Gasteiger charge is -2.36. The average molecular weight is 1260 g/mol. The van der Waals surface area contributed by atoms with Crippen molar-refractivity contribution in [1.29, 1.82) is 0 Å². The van der Waals surface area contributed by atoms with Crippen LogP contribution in [0.5, 0.6) is 0 Å². The van der Waals surface area contributed by atoms with Crippen molar-refractivity contribution in [1.82, 2.24) is 44.1 Å². The van der Waals surface area contributed by atoms with E-state index in [2.05, 4.69) is 20.8 Å². The number of carbonyl (C=O) groups excluding carboxylic acids is 9. The van der Waals surface area contributed by atoms with Crippen molar-refractivity contribution >= 4 is 53.2 Å².